The molecule has 0 fully saturated rings. The summed E-state index contributed by atoms with van der Waals surface area (Å²) in [5.41, 5.74) is 0.196. The number of hydrogen-bond acceptors (Lipinski definition) is 5. The zero-order valence-electron chi connectivity index (χ0n) is 13.7. The summed E-state index contributed by atoms with van der Waals surface area (Å²) in [6.45, 7) is 0.504. The van der Waals surface area contributed by atoms with Crippen molar-refractivity contribution in [2.75, 3.05) is 6.54 Å². The van der Waals surface area contributed by atoms with Crippen molar-refractivity contribution in [1.82, 2.24) is 10.3 Å². The van der Waals surface area contributed by atoms with Crippen molar-refractivity contribution in [3.63, 3.8) is 0 Å². The maximum Gasteiger partial charge on any atom is 0.251 e. The molecule has 6 heteroatoms. The van der Waals surface area contributed by atoms with Crippen molar-refractivity contribution in [3.05, 3.63) is 54.4 Å². The van der Waals surface area contributed by atoms with E-state index < -0.39 is 0 Å². The van der Waals surface area contributed by atoms with Crippen LogP contribution in [0.5, 0.6) is 11.5 Å². The first-order valence-corrected chi connectivity index (χ1v) is 8.04. The lowest BCUT2D eigenvalue weighted by Crippen LogP contribution is -2.28. The molecule has 0 saturated carbocycles. The molecule has 126 valence electrons. The average Bonchev–Trinajstić information content (AvgIpc) is 3.41. The summed E-state index contributed by atoms with van der Waals surface area (Å²) in [7, 11) is 0. The molecule has 3 rings (SSSR count). The zero-order chi connectivity index (χ0) is 17.5. The van der Waals surface area contributed by atoms with E-state index in [1.807, 2.05) is 6.07 Å². The van der Waals surface area contributed by atoms with Crippen LogP contribution in [0.1, 0.15) is 29.6 Å². The third-order valence-corrected chi connectivity index (χ3v) is 3.85. The predicted octanol–water partition coefficient (Wildman–Crippen LogP) is 3.57. The number of amides is 1. The molecule has 0 atom stereocenters. The van der Waals surface area contributed by atoms with Crippen molar-refractivity contribution < 1.29 is 9.53 Å². The van der Waals surface area contributed by atoms with Gasteiger partial charge in [-0.2, -0.15) is 10.2 Å². The molecule has 1 aliphatic rings. The van der Waals surface area contributed by atoms with Crippen LogP contribution in [0.3, 0.4) is 0 Å². The van der Waals surface area contributed by atoms with E-state index in [0.29, 0.717) is 36.4 Å². The fraction of sp³-hybridized carbons (Fsp3) is 0.263. The summed E-state index contributed by atoms with van der Waals surface area (Å²) in [5.74, 6) is 3.74. The van der Waals surface area contributed by atoms with Gasteiger partial charge in [0.25, 0.3) is 5.91 Å². The van der Waals surface area contributed by atoms with Gasteiger partial charge in [-0.15, -0.1) is 12.3 Å². The van der Waals surface area contributed by atoms with Crippen molar-refractivity contribution in [1.29, 1.82) is 0 Å². The Hall–Kier alpha value is -3.20. The van der Waals surface area contributed by atoms with Gasteiger partial charge in [0.1, 0.15) is 11.5 Å². The standard InChI is InChI=1S/C19H18N4O2/c1-2-3-10-19(22-23-19)11-13-21-18(24)15-6-8-16(9-7-15)25-17-5-4-12-20-14-17/h1,4-9,12,14H,3,10-11,13H2,(H,21,24). The van der Waals surface area contributed by atoms with Crippen LogP contribution in [0, 0.1) is 12.3 Å². The number of terminal acetylenes is 1. The smallest absolute Gasteiger partial charge is 0.251 e. The number of aromatic nitrogens is 1. The van der Waals surface area contributed by atoms with Gasteiger partial charge in [-0.05, 0) is 36.4 Å². The minimum atomic E-state index is -0.374. The number of ether oxygens (including phenoxy) is 1. The number of carbonyl (C=O) groups is 1. The summed E-state index contributed by atoms with van der Waals surface area (Å²) in [4.78, 5) is 16.2. The van der Waals surface area contributed by atoms with Gasteiger partial charge < -0.3 is 10.1 Å². The third kappa shape index (κ3) is 4.64. The van der Waals surface area contributed by atoms with Crippen molar-refractivity contribution in [2.45, 2.75) is 24.9 Å². The Kier molecular flexibility index (Phi) is 5.05. The summed E-state index contributed by atoms with van der Waals surface area (Å²) in [5, 5.41) is 11.0. The first-order valence-electron chi connectivity index (χ1n) is 8.04. The highest BCUT2D eigenvalue weighted by molar-refractivity contribution is 5.94. The van der Waals surface area contributed by atoms with E-state index in [4.69, 9.17) is 11.2 Å². The Labute approximate surface area is 146 Å². The molecular formula is C19H18N4O2. The Morgan fingerprint density at radius 2 is 1.96 bits per heavy atom. The Balaban J connectivity index is 1.47. The number of hydrogen-bond donors (Lipinski definition) is 1. The van der Waals surface area contributed by atoms with E-state index in [0.717, 1.165) is 6.42 Å². The number of benzene rings is 1. The molecule has 1 aliphatic heterocycles. The summed E-state index contributed by atoms with van der Waals surface area (Å²) >= 11 is 0. The van der Waals surface area contributed by atoms with E-state index in [2.05, 4.69) is 26.4 Å². The molecule has 0 unspecified atom stereocenters. The molecule has 1 amide bonds. The van der Waals surface area contributed by atoms with Gasteiger partial charge in [0.2, 0.25) is 0 Å². The number of nitrogens with one attached hydrogen (secondary N) is 1. The van der Waals surface area contributed by atoms with Crippen LogP contribution in [0.2, 0.25) is 0 Å². The van der Waals surface area contributed by atoms with Gasteiger partial charge in [0.05, 0.1) is 6.20 Å². The lowest BCUT2D eigenvalue weighted by molar-refractivity contribution is 0.0952. The molecule has 0 spiro atoms. The van der Waals surface area contributed by atoms with Gasteiger partial charge in [-0.25, -0.2) is 0 Å². The maximum atomic E-state index is 12.2. The average molecular weight is 334 g/mol. The van der Waals surface area contributed by atoms with Crippen molar-refractivity contribution in [3.8, 4) is 23.8 Å². The number of carbonyl (C=O) groups excluding carboxylic acids is 1. The highest BCUT2D eigenvalue weighted by atomic mass is 16.5. The Morgan fingerprint density at radius 3 is 2.60 bits per heavy atom. The second-order valence-electron chi connectivity index (χ2n) is 5.71. The predicted molar refractivity (Wildman–Crippen MR) is 93.4 cm³/mol. The first-order chi connectivity index (χ1) is 12.2. The topological polar surface area (TPSA) is 75.9 Å². The minimum Gasteiger partial charge on any atom is -0.456 e. The molecule has 1 aromatic carbocycles. The van der Waals surface area contributed by atoms with Crippen LogP contribution in [0.15, 0.2) is 59.0 Å². The summed E-state index contributed by atoms with van der Waals surface area (Å²) in [6, 6.07) is 10.6. The Bertz CT molecular complexity index is 788. The lowest BCUT2D eigenvalue weighted by Gasteiger charge is -2.10. The van der Waals surface area contributed by atoms with Crippen molar-refractivity contribution >= 4 is 5.91 Å². The first kappa shape index (κ1) is 16.7. The van der Waals surface area contributed by atoms with Gasteiger partial charge in [-0.1, -0.05) is 0 Å². The van der Waals surface area contributed by atoms with E-state index in [1.54, 1.807) is 42.7 Å². The fourth-order valence-corrected chi connectivity index (χ4v) is 2.36. The molecule has 6 nitrogen and oxygen atoms in total. The lowest BCUT2D eigenvalue weighted by atomic mass is 10.0. The van der Waals surface area contributed by atoms with Crippen LogP contribution in [0.25, 0.3) is 0 Å². The van der Waals surface area contributed by atoms with Crippen LogP contribution < -0.4 is 10.1 Å². The van der Waals surface area contributed by atoms with Gasteiger partial charge >= 0.3 is 0 Å². The van der Waals surface area contributed by atoms with Crippen LogP contribution in [0.4, 0.5) is 0 Å². The highest BCUT2D eigenvalue weighted by Gasteiger charge is 2.38. The van der Waals surface area contributed by atoms with Crippen molar-refractivity contribution in [2.24, 2.45) is 10.2 Å². The van der Waals surface area contributed by atoms with E-state index >= 15 is 0 Å². The Morgan fingerprint density at radius 1 is 1.16 bits per heavy atom. The summed E-state index contributed by atoms with van der Waals surface area (Å²) in [6.07, 6.45) is 10.6. The quantitative estimate of drug-likeness (QED) is 0.750. The molecule has 0 aliphatic carbocycles. The second-order valence-corrected chi connectivity index (χ2v) is 5.71. The molecule has 2 aromatic rings. The third-order valence-electron chi connectivity index (χ3n) is 3.85. The van der Waals surface area contributed by atoms with Crippen LogP contribution >= 0.6 is 0 Å². The highest BCUT2D eigenvalue weighted by Crippen LogP contribution is 2.36. The monoisotopic (exact) mass is 334 g/mol. The van der Waals surface area contributed by atoms with Gasteiger partial charge in [0, 0.05) is 37.6 Å². The SMILES string of the molecule is C#CCCC1(CCNC(=O)c2ccc(Oc3cccnc3)cc2)N=N1. The fourth-order valence-electron chi connectivity index (χ4n) is 2.36. The normalized spacial score (nSPS) is 13.7. The van der Waals surface area contributed by atoms with Gasteiger partial charge in [0.15, 0.2) is 5.66 Å². The largest absolute Gasteiger partial charge is 0.456 e. The van der Waals surface area contributed by atoms with E-state index in [1.165, 1.54) is 0 Å². The van der Waals surface area contributed by atoms with E-state index in [9.17, 15) is 4.79 Å². The molecule has 1 N–H and O–H groups in total. The molecule has 2 heterocycles. The molecule has 0 radical (unpaired) electrons. The maximum absolute atomic E-state index is 12.2. The molecular weight excluding hydrogens is 316 g/mol. The molecule has 0 saturated heterocycles. The summed E-state index contributed by atoms with van der Waals surface area (Å²) < 4.78 is 5.65. The minimum absolute atomic E-state index is 0.138. The van der Waals surface area contributed by atoms with Crippen LogP contribution in [-0.4, -0.2) is 23.1 Å². The number of rotatable bonds is 8. The number of pyridine rings is 1. The van der Waals surface area contributed by atoms with Crippen LogP contribution in [-0.2, 0) is 0 Å². The molecule has 0 bridgehead atoms. The van der Waals surface area contributed by atoms with E-state index in [-0.39, 0.29) is 11.6 Å². The second kappa shape index (κ2) is 7.58. The zero-order valence-corrected chi connectivity index (χ0v) is 13.7. The molecule has 25 heavy (non-hydrogen) atoms. The molecule has 1 aromatic heterocycles. The number of nitrogens with zero attached hydrogens (tertiary/aromatic N) is 3. The van der Waals surface area contributed by atoms with Gasteiger partial charge in [-0.3, -0.25) is 9.78 Å².